The first-order valence-electron chi connectivity index (χ1n) is 4.95. The van der Waals surface area contributed by atoms with Gasteiger partial charge in [0.2, 0.25) is 0 Å². The van der Waals surface area contributed by atoms with Crippen LogP contribution in [0.15, 0.2) is 0 Å². The maximum absolute atomic E-state index is 11.4. The lowest BCUT2D eigenvalue weighted by atomic mass is 9.79. The van der Waals surface area contributed by atoms with E-state index in [1.165, 1.54) is 0 Å². The van der Waals surface area contributed by atoms with Crippen molar-refractivity contribution >= 4 is 15.6 Å². The van der Waals surface area contributed by atoms with Gasteiger partial charge in [0.05, 0.1) is 5.75 Å². The maximum Gasteiger partial charge on any atom is 0.157 e. The maximum atomic E-state index is 11.4. The fourth-order valence-corrected chi connectivity index (χ4v) is 4.50. The Kier molecular flexibility index (Phi) is 3.04. The minimum absolute atomic E-state index is 0.126. The molecule has 1 saturated heterocycles. The standard InChI is InChI=1S/C10H18O3S/c1-8(2)4-10(3)5-9(11)6-14(12,13)7-10/h8H,4-7H2,1-3H3. The van der Waals surface area contributed by atoms with Gasteiger partial charge >= 0.3 is 0 Å². The van der Waals surface area contributed by atoms with E-state index in [4.69, 9.17) is 0 Å². The fraction of sp³-hybridized carbons (Fsp3) is 0.900. The van der Waals surface area contributed by atoms with Crippen LogP contribution in [0, 0.1) is 11.3 Å². The Morgan fingerprint density at radius 3 is 2.43 bits per heavy atom. The van der Waals surface area contributed by atoms with Crippen LogP contribution < -0.4 is 0 Å². The van der Waals surface area contributed by atoms with E-state index in [9.17, 15) is 13.2 Å². The summed E-state index contributed by atoms with van der Waals surface area (Å²) in [6.45, 7) is 6.01. The molecule has 82 valence electrons. The van der Waals surface area contributed by atoms with Gasteiger partial charge in [-0.2, -0.15) is 0 Å². The lowest BCUT2D eigenvalue weighted by molar-refractivity contribution is -0.119. The van der Waals surface area contributed by atoms with Crippen LogP contribution in [0.3, 0.4) is 0 Å². The van der Waals surface area contributed by atoms with Crippen molar-refractivity contribution < 1.29 is 13.2 Å². The summed E-state index contributed by atoms with van der Waals surface area (Å²) in [7, 11) is -3.13. The van der Waals surface area contributed by atoms with E-state index in [-0.39, 0.29) is 22.7 Å². The Morgan fingerprint density at radius 2 is 2.00 bits per heavy atom. The van der Waals surface area contributed by atoms with E-state index < -0.39 is 9.84 Å². The van der Waals surface area contributed by atoms with Crippen molar-refractivity contribution in [3.63, 3.8) is 0 Å². The van der Waals surface area contributed by atoms with E-state index in [2.05, 4.69) is 13.8 Å². The third-order valence-corrected chi connectivity index (χ3v) is 4.37. The Morgan fingerprint density at radius 1 is 1.43 bits per heavy atom. The average molecular weight is 218 g/mol. The van der Waals surface area contributed by atoms with Crippen molar-refractivity contribution in [2.45, 2.75) is 33.6 Å². The van der Waals surface area contributed by atoms with Crippen molar-refractivity contribution in [1.29, 1.82) is 0 Å². The largest absolute Gasteiger partial charge is 0.299 e. The molecular weight excluding hydrogens is 200 g/mol. The van der Waals surface area contributed by atoms with Crippen molar-refractivity contribution in [3.05, 3.63) is 0 Å². The molecule has 0 aromatic carbocycles. The van der Waals surface area contributed by atoms with Gasteiger partial charge in [0, 0.05) is 6.42 Å². The van der Waals surface area contributed by atoms with Crippen LogP contribution in [0.1, 0.15) is 33.6 Å². The number of rotatable bonds is 2. The summed E-state index contributed by atoms with van der Waals surface area (Å²) >= 11 is 0. The van der Waals surface area contributed by atoms with Crippen molar-refractivity contribution in [3.8, 4) is 0 Å². The third kappa shape index (κ3) is 3.08. The molecule has 0 spiro atoms. The van der Waals surface area contributed by atoms with Gasteiger partial charge in [-0.25, -0.2) is 8.42 Å². The number of carbonyl (C=O) groups excluding carboxylic acids is 1. The molecule has 1 rings (SSSR count). The summed E-state index contributed by atoms with van der Waals surface area (Å²) in [5, 5.41) is 0. The van der Waals surface area contributed by atoms with Gasteiger partial charge in [0.15, 0.2) is 9.84 Å². The average Bonchev–Trinajstić information content (AvgIpc) is 1.74. The normalized spacial score (nSPS) is 32.1. The molecule has 1 unspecified atom stereocenters. The summed E-state index contributed by atoms with van der Waals surface area (Å²) < 4.78 is 22.9. The molecule has 0 N–H and O–H groups in total. The first-order valence-corrected chi connectivity index (χ1v) is 6.77. The summed E-state index contributed by atoms with van der Waals surface area (Å²) in [4.78, 5) is 11.3. The van der Waals surface area contributed by atoms with Crippen LogP contribution >= 0.6 is 0 Å². The van der Waals surface area contributed by atoms with Gasteiger partial charge in [-0.15, -0.1) is 0 Å². The van der Waals surface area contributed by atoms with Crippen molar-refractivity contribution in [2.24, 2.45) is 11.3 Å². The molecule has 0 aromatic rings. The molecule has 0 aliphatic carbocycles. The summed E-state index contributed by atoms with van der Waals surface area (Å²) in [6, 6.07) is 0. The number of hydrogen-bond acceptors (Lipinski definition) is 3. The Balaban J connectivity index is 2.84. The van der Waals surface area contributed by atoms with Crippen LogP contribution in [0.2, 0.25) is 0 Å². The molecule has 0 amide bonds. The molecule has 3 nitrogen and oxygen atoms in total. The van der Waals surface area contributed by atoms with Gasteiger partial charge in [0.1, 0.15) is 11.5 Å². The molecule has 1 atom stereocenters. The van der Waals surface area contributed by atoms with E-state index in [1.54, 1.807) is 0 Å². The van der Waals surface area contributed by atoms with Crippen LogP contribution in [-0.4, -0.2) is 25.7 Å². The SMILES string of the molecule is CC(C)CC1(C)CC(=O)CS(=O)(=O)C1. The van der Waals surface area contributed by atoms with E-state index >= 15 is 0 Å². The third-order valence-electron chi connectivity index (χ3n) is 2.47. The summed E-state index contributed by atoms with van der Waals surface area (Å²) in [5.74, 6) is 0.227. The minimum atomic E-state index is -3.13. The summed E-state index contributed by atoms with van der Waals surface area (Å²) in [5.41, 5.74) is -0.331. The monoisotopic (exact) mass is 218 g/mol. The minimum Gasteiger partial charge on any atom is -0.299 e. The topological polar surface area (TPSA) is 51.2 Å². The molecule has 14 heavy (non-hydrogen) atoms. The molecule has 0 bridgehead atoms. The van der Waals surface area contributed by atoms with Gasteiger partial charge in [-0.05, 0) is 17.8 Å². The number of Topliss-reactive ketones (excluding diaryl/α,β-unsaturated/α-hetero) is 1. The quantitative estimate of drug-likeness (QED) is 0.704. The predicted octanol–water partition coefficient (Wildman–Crippen LogP) is 1.43. The highest BCUT2D eigenvalue weighted by Gasteiger charge is 2.39. The highest BCUT2D eigenvalue weighted by Crippen LogP contribution is 2.35. The van der Waals surface area contributed by atoms with E-state index in [1.807, 2.05) is 6.92 Å². The lowest BCUT2D eigenvalue weighted by Crippen LogP contribution is -2.40. The first kappa shape index (κ1) is 11.7. The second-order valence-corrected chi connectivity index (χ2v) is 7.22. The Labute approximate surface area is 85.8 Å². The number of sulfone groups is 1. The second-order valence-electron chi connectivity index (χ2n) is 5.16. The molecular formula is C10H18O3S. The molecule has 0 radical (unpaired) electrons. The van der Waals surface area contributed by atoms with Crippen LogP contribution in [0.4, 0.5) is 0 Å². The molecule has 0 aromatic heterocycles. The molecule has 1 aliphatic heterocycles. The van der Waals surface area contributed by atoms with Crippen LogP contribution in [0.25, 0.3) is 0 Å². The first-order chi connectivity index (χ1) is 6.22. The van der Waals surface area contributed by atoms with Crippen molar-refractivity contribution in [2.75, 3.05) is 11.5 Å². The van der Waals surface area contributed by atoms with Gasteiger partial charge in [-0.3, -0.25) is 4.79 Å². The van der Waals surface area contributed by atoms with Gasteiger partial charge in [0.25, 0.3) is 0 Å². The molecule has 4 heteroatoms. The Bertz CT molecular complexity index is 329. The number of ketones is 1. The highest BCUT2D eigenvalue weighted by atomic mass is 32.2. The lowest BCUT2D eigenvalue weighted by Gasteiger charge is -2.33. The van der Waals surface area contributed by atoms with E-state index in [0.717, 1.165) is 6.42 Å². The van der Waals surface area contributed by atoms with Crippen LogP contribution in [0.5, 0.6) is 0 Å². The van der Waals surface area contributed by atoms with Gasteiger partial charge in [-0.1, -0.05) is 20.8 Å². The zero-order chi connectivity index (χ0) is 11.0. The zero-order valence-electron chi connectivity index (χ0n) is 9.04. The predicted molar refractivity (Wildman–Crippen MR) is 55.8 cm³/mol. The summed E-state index contributed by atoms with van der Waals surface area (Å²) in [6.07, 6.45) is 1.22. The smallest absolute Gasteiger partial charge is 0.157 e. The Hall–Kier alpha value is -0.380. The second kappa shape index (κ2) is 3.65. The van der Waals surface area contributed by atoms with E-state index in [0.29, 0.717) is 12.3 Å². The fourth-order valence-electron chi connectivity index (χ4n) is 2.52. The van der Waals surface area contributed by atoms with Crippen LogP contribution in [-0.2, 0) is 14.6 Å². The number of carbonyl (C=O) groups is 1. The zero-order valence-corrected chi connectivity index (χ0v) is 9.86. The highest BCUT2D eigenvalue weighted by molar-refractivity contribution is 7.92. The number of hydrogen-bond donors (Lipinski definition) is 0. The molecule has 1 heterocycles. The molecule has 1 aliphatic rings. The van der Waals surface area contributed by atoms with Crippen molar-refractivity contribution in [1.82, 2.24) is 0 Å². The molecule has 0 saturated carbocycles. The molecule has 1 fully saturated rings. The van der Waals surface area contributed by atoms with Gasteiger partial charge < -0.3 is 0 Å².